The van der Waals surface area contributed by atoms with Crippen molar-refractivity contribution >= 4 is 47.9 Å². The Morgan fingerprint density at radius 3 is 2.38 bits per heavy atom. The maximum Gasteiger partial charge on any atom is 0.172 e. The average Bonchev–Trinajstić information content (AvgIpc) is 3.36. The van der Waals surface area contributed by atoms with Gasteiger partial charge in [0.25, 0.3) is 0 Å². The molecule has 2 heterocycles. The van der Waals surface area contributed by atoms with Crippen molar-refractivity contribution in [3.63, 3.8) is 0 Å². The number of halogens is 2. The van der Waals surface area contributed by atoms with Crippen LogP contribution in [0.15, 0.2) is 71.3 Å². The van der Waals surface area contributed by atoms with E-state index in [0.29, 0.717) is 5.56 Å². The molecule has 0 amide bonds. The smallest absolute Gasteiger partial charge is 0.172 e. The summed E-state index contributed by atoms with van der Waals surface area (Å²) in [4.78, 5) is 4.75. The van der Waals surface area contributed by atoms with E-state index in [0.717, 1.165) is 65.2 Å². The van der Waals surface area contributed by atoms with Crippen molar-refractivity contribution in [1.29, 1.82) is 5.26 Å². The highest BCUT2D eigenvalue weighted by Crippen LogP contribution is 2.30. The minimum atomic E-state index is 0. The van der Waals surface area contributed by atoms with Crippen molar-refractivity contribution in [2.75, 3.05) is 27.2 Å². The lowest BCUT2D eigenvalue weighted by Crippen LogP contribution is -2.33. The van der Waals surface area contributed by atoms with E-state index in [-0.39, 0.29) is 24.8 Å². The van der Waals surface area contributed by atoms with Gasteiger partial charge in [-0.3, -0.25) is 4.90 Å². The van der Waals surface area contributed by atoms with Gasteiger partial charge in [-0.25, -0.2) is 0 Å². The normalized spacial score (nSPS) is 14.2. The standard InChI is InChI=1S/C33H36N4O.2ClH/c1-36(2)24-31-29(14-12-25-8-10-27(22-34)11-9-25)15-16-30-32(35-38-33(30)31)17-13-26-18-20-37(21-19-26)23-28-6-4-3-5-7-28;;/h3-12,14-16,26H,13,17-21,23-24H2,1-2H3;2*1H/b14-12+;;. The molecule has 0 radical (unpaired) electrons. The largest absolute Gasteiger partial charge is 0.356 e. The monoisotopic (exact) mass is 576 g/mol. The predicted octanol–water partition coefficient (Wildman–Crippen LogP) is 7.62. The molecule has 0 atom stereocenters. The van der Waals surface area contributed by atoms with Gasteiger partial charge in [0.2, 0.25) is 0 Å². The number of benzene rings is 3. The third-order valence-electron chi connectivity index (χ3n) is 7.57. The molecule has 40 heavy (non-hydrogen) atoms. The molecule has 1 aliphatic heterocycles. The summed E-state index contributed by atoms with van der Waals surface area (Å²) >= 11 is 0. The highest BCUT2D eigenvalue weighted by Gasteiger charge is 2.21. The first-order valence-electron chi connectivity index (χ1n) is 13.6. The molecule has 0 unspecified atom stereocenters. The van der Waals surface area contributed by atoms with E-state index in [1.165, 1.54) is 31.5 Å². The molecular formula is C33H38Cl2N4O. The number of fused-ring (bicyclic) bond motifs is 1. The second-order valence-electron chi connectivity index (χ2n) is 10.7. The Balaban J connectivity index is 0.00000220. The van der Waals surface area contributed by atoms with Gasteiger partial charge in [-0.05, 0) is 93.7 Å². The molecule has 1 aromatic heterocycles. The average molecular weight is 578 g/mol. The minimum absolute atomic E-state index is 0. The Hall–Kier alpha value is -3.14. The first kappa shape index (κ1) is 31.4. The maximum atomic E-state index is 9.04. The van der Waals surface area contributed by atoms with E-state index in [4.69, 9.17) is 9.78 Å². The van der Waals surface area contributed by atoms with E-state index >= 15 is 0 Å². The van der Waals surface area contributed by atoms with E-state index in [9.17, 15) is 0 Å². The molecule has 0 spiro atoms. The predicted molar refractivity (Wildman–Crippen MR) is 169 cm³/mol. The van der Waals surface area contributed by atoms with Crippen molar-refractivity contribution in [2.45, 2.75) is 38.8 Å². The number of nitrogens with zero attached hydrogens (tertiary/aromatic N) is 4. The first-order valence-corrected chi connectivity index (χ1v) is 13.6. The zero-order valence-corrected chi connectivity index (χ0v) is 24.9. The molecule has 0 N–H and O–H groups in total. The lowest BCUT2D eigenvalue weighted by molar-refractivity contribution is 0.172. The quantitative estimate of drug-likeness (QED) is 0.192. The lowest BCUT2D eigenvalue weighted by atomic mass is 9.90. The van der Waals surface area contributed by atoms with Crippen LogP contribution in [0.4, 0.5) is 0 Å². The fourth-order valence-corrected chi connectivity index (χ4v) is 5.41. The van der Waals surface area contributed by atoms with Crippen LogP contribution in [0, 0.1) is 17.2 Å². The van der Waals surface area contributed by atoms with Gasteiger partial charge in [-0.2, -0.15) is 5.26 Å². The molecule has 1 saturated heterocycles. The van der Waals surface area contributed by atoms with Gasteiger partial charge in [0, 0.05) is 24.0 Å². The van der Waals surface area contributed by atoms with Gasteiger partial charge in [0.15, 0.2) is 5.58 Å². The number of nitriles is 1. The van der Waals surface area contributed by atoms with Crippen LogP contribution in [0.3, 0.4) is 0 Å². The van der Waals surface area contributed by atoms with Crippen molar-refractivity contribution in [3.8, 4) is 6.07 Å². The van der Waals surface area contributed by atoms with E-state index in [1.54, 1.807) is 0 Å². The summed E-state index contributed by atoms with van der Waals surface area (Å²) < 4.78 is 5.97. The second kappa shape index (κ2) is 15.0. The van der Waals surface area contributed by atoms with Gasteiger partial charge in [-0.1, -0.05) is 65.8 Å². The number of rotatable bonds is 9. The molecule has 4 aromatic rings. The lowest BCUT2D eigenvalue weighted by Gasteiger charge is -2.31. The third kappa shape index (κ3) is 7.96. The highest BCUT2D eigenvalue weighted by molar-refractivity contribution is 5.87. The molecule has 3 aromatic carbocycles. The fraction of sp³-hybridized carbons (Fsp3) is 0.333. The topological polar surface area (TPSA) is 56.3 Å². The molecule has 0 saturated carbocycles. The van der Waals surface area contributed by atoms with E-state index in [2.05, 4.69) is 89.7 Å². The van der Waals surface area contributed by atoms with Crippen LogP contribution >= 0.6 is 24.8 Å². The number of hydrogen-bond acceptors (Lipinski definition) is 5. The van der Waals surface area contributed by atoms with Crippen LogP contribution < -0.4 is 0 Å². The summed E-state index contributed by atoms with van der Waals surface area (Å²) in [6.07, 6.45) is 8.83. The zero-order valence-electron chi connectivity index (χ0n) is 23.3. The number of likely N-dealkylation sites (tertiary alicyclic amines) is 1. The van der Waals surface area contributed by atoms with Gasteiger partial charge >= 0.3 is 0 Å². The molecular weight excluding hydrogens is 539 g/mol. The van der Waals surface area contributed by atoms with Crippen LogP contribution in [0.1, 0.15) is 52.8 Å². The van der Waals surface area contributed by atoms with Crippen LogP contribution in [-0.4, -0.2) is 42.1 Å². The number of piperidine rings is 1. The Bertz CT molecular complexity index is 1420. The summed E-state index contributed by atoms with van der Waals surface area (Å²) in [6, 6.07) is 24.9. The highest BCUT2D eigenvalue weighted by atomic mass is 35.5. The molecule has 210 valence electrons. The van der Waals surface area contributed by atoms with Crippen LogP contribution in [0.2, 0.25) is 0 Å². The maximum absolute atomic E-state index is 9.04. The molecule has 1 aliphatic rings. The Kier molecular flexibility index (Phi) is 11.8. The summed E-state index contributed by atoms with van der Waals surface area (Å²) in [6.45, 7) is 4.17. The van der Waals surface area contributed by atoms with Gasteiger partial charge in [-0.15, -0.1) is 24.8 Å². The van der Waals surface area contributed by atoms with E-state index in [1.807, 2.05) is 24.3 Å². The van der Waals surface area contributed by atoms with Gasteiger partial charge in [0.05, 0.1) is 17.3 Å². The van der Waals surface area contributed by atoms with Crippen molar-refractivity contribution in [2.24, 2.45) is 5.92 Å². The van der Waals surface area contributed by atoms with Gasteiger partial charge < -0.3 is 9.42 Å². The SMILES string of the molecule is CN(C)Cc1c(/C=C/c2ccc(C#N)cc2)ccc2c(CCC3CCN(Cc4ccccc4)CC3)noc12.Cl.Cl. The molecule has 5 rings (SSSR count). The van der Waals surface area contributed by atoms with E-state index < -0.39 is 0 Å². The Morgan fingerprint density at radius 2 is 1.70 bits per heavy atom. The molecule has 7 heteroatoms. The number of aromatic nitrogens is 1. The van der Waals surface area contributed by atoms with Crippen molar-refractivity contribution in [3.05, 3.63) is 100 Å². The Morgan fingerprint density at radius 1 is 0.975 bits per heavy atom. The first-order chi connectivity index (χ1) is 18.6. The summed E-state index contributed by atoms with van der Waals surface area (Å²) in [5.74, 6) is 0.740. The molecule has 1 fully saturated rings. The zero-order chi connectivity index (χ0) is 26.3. The van der Waals surface area contributed by atoms with Crippen LogP contribution in [0.5, 0.6) is 0 Å². The number of aryl methyl sites for hydroxylation is 1. The Labute approximate surface area is 250 Å². The fourth-order valence-electron chi connectivity index (χ4n) is 5.41. The van der Waals surface area contributed by atoms with Crippen molar-refractivity contribution in [1.82, 2.24) is 15.0 Å². The summed E-state index contributed by atoms with van der Waals surface area (Å²) in [5.41, 5.74) is 7.40. The molecule has 0 bridgehead atoms. The summed E-state index contributed by atoms with van der Waals surface area (Å²) in [5, 5.41) is 14.7. The van der Waals surface area contributed by atoms with Gasteiger partial charge in [0.1, 0.15) is 0 Å². The third-order valence-corrected chi connectivity index (χ3v) is 7.57. The minimum Gasteiger partial charge on any atom is -0.356 e. The molecule has 5 nitrogen and oxygen atoms in total. The number of hydrogen-bond donors (Lipinski definition) is 0. The van der Waals surface area contributed by atoms with Crippen LogP contribution in [0.25, 0.3) is 23.1 Å². The molecule has 0 aliphatic carbocycles. The second-order valence-corrected chi connectivity index (χ2v) is 10.7. The van der Waals surface area contributed by atoms with Crippen LogP contribution in [-0.2, 0) is 19.5 Å². The van der Waals surface area contributed by atoms with Crippen molar-refractivity contribution < 1.29 is 4.52 Å². The summed E-state index contributed by atoms with van der Waals surface area (Å²) in [7, 11) is 4.16.